The molecule has 0 bridgehead atoms. The predicted molar refractivity (Wildman–Crippen MR) is 78.6 cm³/mol. The summed E-state index contributed by atoms with van der Waals surface area (Å²) in [5, 5.41) is 3.90. The molecule has 1 aromatic rings. The van der Waals surface area contributed by atoms with Crippen molar-refractivity contribution in [1.82, 2.24) is 5.32 Å². The predicted octanol–water partition coefficient (Wildman–Crippen LogP) is 4.55. The Morgan fingerprint density at radius 1 is 1.11 bits per heavy atom. The molecule has 100 valence electrons. The average molecular weight is 245 g/mol. The first-order valence-corrected chi connectivity index (χ1v) is 7.57. The zero-order valence-corrected chi connectivity index (χ0v) is 12.0. The van der Waals surface area contributed by atoms with E-state index in [1.54, 1.807) is 0 Å². The maximum atomic E-state index is 3.90. The summed E-state index contributed by atoms with van der Waals surface area (Å²) in [6, 6.07) is 12.2. The molecule has 0 aliphatic heterocycles. The Morgan fingerprint density at radius 3 is 2.22 bits per heavy atom. The van der Waals surface area contributed by atoms with Crippen LogP contribution in [0.25, 0.3) is 0 Å². The van der Waals surface area contributed by atoms with Gasteiger partial charge in [0.25, 0.3) is 0 Å². The van der Waals surface area contributed by atoms with Gasteiger partial charge in [0.2, 0.25) is 0 Å². The Morgan fingerprint density at radius 2 is 1.72 bits per heavy atom. The van der Waals surface area contributed by atoms with E-state index in [0.29, 0.717) is 12.1 Å². The Bertz CT molecular complexity index is 338. The van der Waals surface area contributed by atoms with Crippen molar-refractivity contribution in [2.75, 3.05) is 0 Å². The molecule has 2 unspecified atom stereocenters. The molecule has 0 heterocycles. The normalized spacial score (nSPS) is 18.9. The first kappa shape index (κ1) is 13.6. The fraction of sp³-hybridized carbons (Fsp3) is 0.647. The molecule has 1 aliphatic rings. The van der Waals surface area contributed by atoms with Gasteiger partial charge in [-0.25, -0.2) is 0 Å². The van der Waals surface area contributed by atoms with E-state index in [-0.39, 0.29) is 0 Å². The maximum absolute atomic E-state index is 3.90. The molecule has 0 saturated heterocycles. The van der Waals surface area contributed by atoms with Crippen LogP contribution < -0.4 is 5.32 Å². The molecule has 0 aromatic heterocycles. The molecule has 1 aromatic carbocycles. The van der Waals surface area contributed by atoms with Crippen LogP contribution in [0.5, 0.6) is 0 Å². The van der Waals surface area contributed by atoms with Gasteiger partial charge < -0.3 is 5.32 Å². The van der Waals surface area contributed by atoms with Crippen molar-refractivity contribution < 1.29 is 0 Å². The lowest BCUT2D eigenvalue weighted by atomic mass is 9.93. The van der Waals surface area contributed by atoms with Crippen LogP contribution in [-0.2, 0) is 0 Å². The van der Waals surface area contributed by atoms with Crippen molar-refractivity contribution in [3.05, 3.63) is 35.9 Å². The molecule has 2 rings (SSSR count). The van der Waals surface area contributed by atoms with E-state index >= 15 is 0 Å². The van der Waals surface area contributed by atoms with E-state index in [1.165, 1.54) is 31.2 Å². The van der Waals surface area contributed by atoms with Crippen molar-refractivity contribution in [3.63, 3.8) is 0 Å². The van der Waals surface area contributed by atoms with Gasteiger partial charge in [-0.1, -0.05) is 57.0 Å². The molecule has 1 N–H and O–H groups in total. The third-order valence-corrected chi connectivity index (χ3v) is 4.45. The number of hydrogen-bond acceptors (Lipinski definition) is 1. The lowest BCUT2D eigenvalue weighted by molar-refractivity contribution is 0.309. The van der Waals surface area contributed by atoms with Crippen molar-refractivity contribution in [2.24, 2.45) is 11.8 Å². The third-order valence-electron chi connectivity index (χ3n) is 4.45. The van der Waals surface area contributed by atoms with Gasteiger partial charge in [0.15, 0.2) is 0 Å². The maximum Gasteiger partial charge on any atom is 0.0351 e. The van der Waals surface area contributed by atoms with Crippen LogP contribution >= 0.6 is 0 Å². The highest BCUT2D eigenvalue weighted by molar-refractivity contribution is 5.21. The highest BCUT2D eigenvalue weighted by atomic mass is 15.0. The summed E-state index contributed by atoms with van der Waals surface area (Å²) in [6.07, 6.45) is 5.33. The molecular weight excluding hydrogens is 218 g/mol. The van der Waals surface area contributed by atoms with E-state index in [9.17, 15) is 0 Å². The zero-order valence-electron chi connectivity index (χ0n) is 12.0. The molecule has 2 atom stereocenters. The van der Waals surface area contributed by atoms with E-state index in [2.05, 4.69) is 56.4 Å². The van der Waals surface area contributed by atoms with Crippen LogP contribution in [-0.4, -0.2) is 6.04 Å². The van der Waals surface area contributed by atoms with E-state index < -0.39 is 0 Å². The highest BCUT2D eigenvalue weighted by Gasteiger charge is 2.33. The topological polar surface area (TPSA) is 12.0 Å². The second-order valence-corrected chi connectivity index (χ2v) is 5.76. The minimum Gasteiger partial charge on any atom is -0.307 e. The molecule has 1 heteroatoms. The van der Waals surface area contributed by atoms with Gasteiger partial charge in [-0.15, -0.1) is 0 Å². The van der Waals surface area contributed by atoms with Gasteiger partial charge in [0.1, 0.15) is 0 Å². The molecule has 1 nitrogen and oxygen atoms in total. The molecule has 1 fully saturated rings. The highest BCUT2D eigenvalue weighted by Crippen LogP contribution is 2.41. The third kappa shape index (κ3) is 3.35. The average Bonchev–Trinajstić information content (AvgIpc) is 3.23. The van der Waals surface area contributed by atoms with Crippen molar-refractivity contribution in [2.45, 2.75) is 58.5 Å². The van der Waals surface area contributed by atoms with Gasteiger partial charge in [-0.2, -0.15) is 0 Å². The van der Waals surface area contributed by atoms with Crippen molar-refractivity contribution >= 4 is 0 Å². The number of hydrogen-bond donors (Lipinski definition) is 1. The van der Waals surface area contributed by atoms with Gasteiger partial charge in [0, 0.05) is 12.1 Å². The summed E-state index contributed by atoms with van der Waals surface area (Å²) < 4.78 is 0. The summed E-state index contributed by atoms with van der Waals surface area (Å²) in [5.74, 6) is 1.67. The molecule has 0 amide bonds. The Hall–Kier alpha value is -0.820. The van der Waals surface area contributed by atoms with E-state index in [4.69, 9.17) is 0 Å². The molecule has 0 spiro atoms. The zero-order chi connectivity index (χ0) is 13.0. The van der Waals surface area contributed by atoms with Crippen LogP contribution in [0.1, 0.15) is 58.1 Å². The standard InChI is InChI=1S/C17H27N/c1-4-14(5-2)13(3)18-17(16-11-12-16)15-9-7-6-8-10-15/h6-10,13-14,16-18H,4-5,11-12H2,1-3H3. The largest absolute Gasteiger partial charge is 0.307 e. The van der Waals surface area contributed by atoms with Crippen LogP contribution in [0.3, 0.4) is 0 Å². The van der Waals surface area contributed by atoms with Crippen LogP contribution in [0.4, 0.5) is 0 Å². The lowest BCUT2D eigenvalue weighted by Crippen LogP contribution is -2.37. The number of benzene rings is 1. The Balaban J connectivity index is 2.03. The summed E-state index contributed by atoms with van der Waals surface area (Å²) in [5.41, 5.74) is 1.47. The van der Waals surface area contributed by atoms with Crippen LogP contribution in [0.2, 0.25) is 0 Å². The van der Waals surface area contributed by atoms with E-state index in [1.807, 2.05) is 0 Å². The summed E-state index contributed by atoms with van der Waals surface area (Å²) in [4.78, 5) is 0. The fourth-order valence-electron chi connectivity index (χ4n) is 3.01. The van der Waals surface area contributed by atoms with E-state index in [0.717, 1.165) is 11.8 Å². The van der Waals surface area contributed by atoms with Gasteiger partial charge in [-0.05, 0) is 37.2 Å². The number of nitrogens with one attached hydrogen (secondary N) is 1. The second kappa shape index (κ2) is 6.38. The quantitative estimate of drug-likeness (QED) is 0.743. The molecule has 0 radical (unpaired) electrons. The van der Waals surface area contributed by atoms with Gasteiger partial charge in [0.05, 0.1) is 0 Å². The Labute approximate surface area is 112 Å². The molecular formula is C17H27N. The smallest absolute Gasteiger partial charge is 0.0351 e. The molecule has 18 heavy (non-hydrogen) atoms. The SMILES string of the molecule is CCC(CC)C(C)NC(c1ccccc1)C1CC1. The monoisotopic (exact) mass is 245 g/mol. The summed E-state index contributed by atoms with van der Waals surface area (Å²) >= 11 is 0. The van der Waals surface area contributed by atoms with Gasteiger partial charge >= 0.3 is 0 Å². The van der Waals surface area contributed by atoms with Gasteiger partial charge in [-0.3, -0.25) is 0 Å². The van der Waals surface area contributed by atoms with Crippen LogP contribution in [0, 0.1) is 11.8 Å². The summed E-state index contributed by atoms with van der Waals surface area (Å²) in [7, 11) is 0. The lowest BCUT2D eigenvalue weighted by Gasteiger charge is -2.28. The minimum absolute atomic E-state index is 0.571. The Kier molecular flexibility index (Phi) is 4.82. The molecule has 1 saturated carbocycles. The fourth-order valence-corrected chi connectivity index (χ4v) is 3.01. The minimum atomic E-state index is 0.571. The van der Waals surface area contributed by atoms with Crippen molar-refractivity contribution in [1.29, 1.82) is 0 Å². The number of rotatable bonds is 7. The first-order chi connectivity index (χ1) is 8.76. The van der Waals surface area contributed by atoms with Crippen molar-refractivity contribution in [3.8, 4) is 0 Å². The van der Waals surface area contributed by atoms with Crippen LogP contribution in [0.15, 0.2) is 30.3 Å². The second-order valence-electron chi connectivity index (χ2n) is 5.76. The first-order valence-electron chi connectivity index (χ1n) is 7.57. The summed E-state index contributed by atoms with van der Waals surface area (Å²) in [6.45, 7) is 6.97. The molecule has 1 aliphatic carbocycles.